The van der Waals surface area contributed by atoms with E-state index in [1.807, 2.05) is 30.3 Å². The quantitative estimate of drug-likeness (QED) is 0.588. The number of aliphatic hydroxyl groups excluding tert-OH is 2. The van der Waals surface area contributed by atoms with Crippen LogP contribution in [0, 0.1) is 11.6 Å². The molecule has 1 saturated heterocycles. The average Bonchev–Trinajstić information content (AvgIpc) is 2.80. The summed E-state index contributed by atoms with van der Waals surface area (Å²) in [5, 5.41) is 19.4. The zero-order chi connectivity index (χ0) is 22.7. The van der Waals surface area contributed by atoms with Gasteiger partial charge in [-0.15, -0.1) is 0 Å². The number of halogens is 2. The molecule has 1 amide bonds. The van der Waals surface area contributed by atoms with E-state index in [1.165, 1.54) is 17.0 Å². The van der Waals surface area contributed by atoms with Gasteiger partial charge < -0.3 is 14.9 Å². The van der Waals surface area contributed by atoms with Crippen molar-refractivity contribution in [2.24, 2.45) is 0 Å². The van der Waals surface area contributed by atoms with Crippen LogP contribution < -0.4 is 4.90 Å². The van der Waals surface area contributed by atoms with Gasteiger partial charge in [-0.1, -0.05) is 42.5 Å². The molecule has 0 unspecified atom stereocenters. The molecular weight excluding hydrogens is 416 g/mol. The maximum Gasteiger partial charge on any atom is 0.415 e. The van der Waals surface area contributed by atoms with E-state index in [1.54, 1.807) is 24.3 Å². The third kappa shape index (κ3) is 4.35. The summed E-state index contributed by atoms with van der Waals surface area (Å²) in [6, 6.07) is 19.2. The second-order valence-electron chi connectivity index (χ2n) is 7.84. The van der Waals surface area contributed by atoms with Crippen LogP contribution in [0.15, 0.2) is 72.8 Å². The minimum absolute atomic E-state index is 0.0634. The molecule has 32 heavy (non-hydrogen) atoms. The fraction of sp³-hybridized carbons (Fsp3) is 0.240. The third-order valence-corrected chi connectivity index (χ3v) is 5.72. The van der Waals surface area contributed by atoms with Gasteiger partial charge in [0, 0.05) is 36.7 Å². The van der Waals surface area contributed by atoms with Crippen LogP contribution in [0.5, 0.6) is 0 Å². The number of nitrogens with zero attached hydrogens (tertiary/aromatic N) is 1. The van der Waals surface area contributed by atoms with Crippen molar-refractivity contribution >= 4 is 11.8 Å². The van der Waals surface area contributed by atoms with Gasteiger partial charge in [-0.25, -0.2) is 13.6 Å². The normalized spacial score (nSPS) is 19.5. The van der Waals surface area contributed by atoms with Crippen molar-refractivity contribution in [1.82, 2.24) is 0 Å². The lowest BCUT2D eigenvalue weighted by Crippen LogP contribution is -2.49. The predicted octanol–water partition coefficient (Wildman–Crippen LogP) is 4.62. The Kier molecular flexibility index (Phi) is 6.21. The van der Waals surface area contributed by atoms with E-state index in [4.69, 9.17) is 4.74 Å². The van der Waals surface area contributed by atoms with Crippen molar-refractivity contribution < 1.29 is 28.5 Å². The van der Waals surface area contributed by atoms with Crippen molar-refractivity contribution in [3.05, 3.63) is 90.0 Å². The first-order chi connectivity index (χ1) is 15.4. The Labute approximate surface area is 184 Å². The highest BCUT2D eigenvalue weighted by Crippen LogP contribution is 2.40. The van der Waals surface area contributed by atoms with Gasteiger partial charge in [-0.2, -0.15) is 0 Å². The lowest BCUT2D eigenvalue weighted by atomic mass is 9.84. The van der Waals surface area contributed by atoms with Crippen molar-refractivity contribution in [1.29, 1.82) is 0 Å². The number of aliphatic hydroxyl groups is 2. The Bertz CT molecular complexity index is 1110. The van der Waals surface area contributed by atoms with Crippen LogP contribution in [0.4, 0.5) is 19.3 Å². The number of hydrogen-bond donors (Lipinski definition) is 2. The van der Waals surface area contributed by atoms with Gasteiger partial charge >= 0.3 is 6.09 Å². The fourth-order valence-electron chi connectivity index (χ4n) is 4.11. The Morgan fingerprint density at radius 1 is 1.03 bits per heavy atom. The van der Waals surface area contributed by atoms with E-state index in [-0.39, 0.29) is 12.0 Å². The van der Waals surface area contributed by atoms with E-state index >= 15 is 0 Å². The van der Waals surface area contributed by atoms with E-state index in [2.05, 4.69) is 0 Å². The minimum Gasteiger partial charge on any atom is -0.437 e. The summed E-state index contributed by atoms with van der Waals surface area (Å²) in [7, 11) is 0. The summed E-state index contributed by atoms with van der Waals surface area (Å²) < 4.78 is 33.4. The number of benzene rings is 3. The van der Waals surface area contributed by atoms with Crippen LogP contribution >= 0.6 is 0 Å². The summed E-state index contributed by atoms with van der Waals surface area (Å²) in [6.07, 6.45) is -1.20. The van der Waals surface area contributed by atoms with Gasteiger partial charge in [0.25, 0.3) is 0 Å². The molecule has 1 fully saturated rings. The molecule has 3 aromatic rings. The van der Waals surface area contributed by atoms with E-state index in [0.29, 0.717) is 24.2 Å². The minimum atomic E-state index is -1.07. The molecule has 1 aliphatic rings. The SMILES string of the molecule is O=C1O[C@@](C[C@H](O)CO)(c2ccccc2)CCN1c1cccc(-c2ccc(F)cc2F)c1. The maximum atomic E-state index is 14.2. The highest BCUT2D eigenvalue weighted by atomic mass is 19.1. The molecule has 2 N–H and O–H groups in total. The van der Waals surface area contributed by atoms with Crippen LogP contribution in [0.1, 0.15) is 18.4 Å². The molecule has 0 aliphatic carbocycles. The van der Waals surface area contributed by atoms with E-state index in [9.17, 15) is 23.8 Å². The van der Waals surface area contributed by atoms with Crippen LogP contribution in [-0.4, -0.2) is 35.6 Å². The van der Waals surface area contributed by atoms with Crippen molar-refractivity contribution in [3.8, 4) is 11.1 Å². The highest BCUT2D eigenvalue weighted by Gasteiger charge is 2.44. The van der Waals surface area contributed by atoms with Crippen LogP contribution in [0.25, 0.3) is 11.1 Å². The molecule has 0 radical (unpaired) electrons. The van der Waals surface area contributed by atoms with Crippen LogP contribution in [0.2, 0.25) is 0 Å². The summed E-state index contributed by atoms with van der Waals surface area (Å²) in [5.74, 6) is -1.35. The molecule has 3 aromatic carbocycles. The Morgan fingerprint density at radius 3 is 2.50 bits per heavy atom. The van der Waals surface area contributed by atoms with Crippen LogP contribution in [-0.2, 0) is 10.3 Å². The van der Waals surface area contributed by atoms with E-state index in [0.717, 1.165) is 11.6 Å². The summed E-state index contributed by atoms with van der Waals surface area (Å²) in [4.78, 5) is 14.5. The first-order valence-electron chi connectivity index (χ1n) is 10.3. The molecule has 0 saturated carbocycles. The topological polar surface area (TPSA) is 70.0 Å². The smallest absolute Gasteiger partial charge is 0.415 e. The predicted molar refractivity (Wildman–Crippen MR) is 116 cm³/mol. The van der Waals surface area contributed by atoms with Gasteiger partial charge in [0.1, 0.15) is 17.2 Å². The molecule has 4 rings (SSSR count). The lowest BCUT2D eigenvalue weighted by molar-refractivity contribution is -0.0536. The molecule has 7 heteroatoms. The monoisotopic (exact) mass is 439 g/mol. The summed E-state index contributed by atoms with van der Waals surface area (Å²) in [5.41, 5.74) is 0.910. The number of carbonyl (C=O) groups is 1. The number of amides is 1. The molecule has 2 atom stereocenters. The number of anilines is 1. The fourth-order valence-corrected chi connectivity index (χ4v) is 4.11. The molecular formula is C25H23F2NO4. The van der Waals surface area contributed by atoms with Gasteiger partial charge in [-0.05, 0) is 35.4 Å². The number of hydrogen-bond acceptors (Lipinski definition) is 4. The van der Waals surface area contributed by atoms with E-state index < -0.39 is 36.0 Å². The lowest BCUT2D eigenvalue weighted by Gasteiger charge is -2.42. The molecule has 0 spiro atoms. The van der Waals surface area contributed by atoms with Gasteiger partial charge in [0.05, 0.1) is 12.7 Å². The maximum absolute atomic E-state index is 14.2. The van der Waals surface area contributed by atoms with Crippen LogP contribution in [0.3, 0.4) is 0 Å². The summed E-state index contributed by atoms with van der Waals surface area (Å²) >= 11 is 0. The number of rotatable bonds is 6. The Morgan fingerprint density at radius 2 is 1.81 bits per heavy atom. The molecule has 1 heterocycles. The second kappa shape index (κ2) is 9.06. The Balaban J connectivity index is 1.62. The molecule has 0 bridgehead atoms. The number of carbonyl (C=O) groups excluding carboxylic acids is 1. The molecule has 5 nitrogen and oxygen atoms in total. The standard InChI is InChI=1S/C25H23F2NO4/c26-19-9-10-22(23(27)14-19)17-5-4-8-20(13-17)28-12-11-25(32-24(28)31,15-21(30)16-29)18-6-2-1-3-7-18/h1-10,13-14,21,29-30H,11-12,15-16H2/t21-,25-/m0/s1. The van der Waals surface area contributed by atoms with Gasteiger partial charge in [-0.3, -0.25) is 4.90 Å². The van der Waals surface area contributed by atoms with Crippen molar-refractivity contribution in [2.45, 2.75) is 24.5 Å². The van der Waals surface area contributed by atoms with Gasteiger partial charge in [0.15, 0.2) is 0 Å². The average molecular weight is 439 g/mol. The number of ether oxygens (including phenoxy) is 1. The number of cyclic esters (lactones) is 1. The zero-order valence-electron chi connectivity index (χ0n) is 17.2. The first kappa shape index (κ1) is 21.9. The highest BCUT2D eigenvalue weighted by molar-refractivity contribution is 5.90. The largest absolute Gasteiger partial charge is 0.437 e. The molecule has 1 aliphatic heterocycles. The first-order valence-corrected chi connectivity index (χ1v) is 10.3. The Hall–Kier alpha value is -3.29. The third-order valence-electron chi connectivity index (χ3n) is 5.72. The van der Waals surface area contributed by atoms with Crippen molar-refractivity contribution in [3.63, 3.8) is 0 Å². The molecule has 0 aromatic heterocycles. The summed E-state index contributed by atoms with van der Waals surface area (Å²) in [6.45, 7) is -0.150. The zero-order valence-corrected chi connectivity index (χ0v) is 17.2. The van der Waals surface area contributed by atoms with Gasteiger partial charge in [0.2, 0.25) is 0 Å². The van der Waals surface area contributed by atoms with Crippen molar-refractivity contribution in [2.75, 3.05) is 18.1 Å². The second-order valence-corrected chi connectivity index (χ2v) is 7.84. The molecule has 166 valence electrons.